The lowest BCUT2D eigenvalue weighted by Crippen LogP contribution is -2.47. The fourth-order valence-corrected chi connectivity index (χ4v) is 6.21. The molecule has 52 heavy (non-hydrogen) atoms. The Morgan fingerprint density at radius 3 is 1.79 bits per heavy atom. The lowest BCUT2D eigenvalue weighted by atomic mass is 9.87. The highest BCUT2D eigenvalue weighted by molar-refractivity contribution is 9.10. The van der Waals surface area contributed by atoms with Gasteiger partial charge in [-0.15, -0.1) is 0 Å². The first kappa shape index (κ1) is 39.1. The minimum absolute atomic E-state index is 0.00235. The molecular formula is C37H35BrO14. The van der Waals surface area contributed by atoms with E-state index in [-0.39, 0.29) is 77.7 Å². The molecular weight excluding hydrogens is 748 g/mol. The molecule has 15 heteroatoms. The van der Waals surface area contributed by atoms with E-state index in [1.54, 1.807) is 6.92 Å². The lowest BCUT2D eigenvalue weighted by Gasteiger charge is -2.30. The molecule has 14 nitrogen and oxygen atoms in total. The molecule has 1 aliphatic rings. The molecule has 0 saturated carbocycles. The number of aliphatic hydroxyl groups is 1. The van der Waals surface area contributed by atoms with E-state index in [1.165, 1.54) is 67.9 Å². The molecule has 3 aromatic carbocycles. The number of ketones is 1. The summed E-state index contributed by atoms with van der Waals surface area (Å²) in [5.41, 5.74) is -2.09. The van der Waals surface area contributed by atoms with Crippen molar-refractivity contribution in [2.24, 2.45) is 0 Å². The maximum absolute atomic E-state index is 13.5. The quantitative estimate of drug-likeness (QED) is 0.155. The number of ether oxygens (including phenoxy) is 5. The third-order valence-electron chi connectivity index (χ3n) is 8.96. The predicted molar refractivity (Wildman–Crippen MR) is 187 cm³/mol. The number of aryl methyl sites for hydroxylation is 1. The smallest absolute Gasteiger partial charge is 0.356 e. The van der Waals surface area contributed by atoms with Crippen molar-refractivity contribution < 1.29 is 68.1 Å². The SMILES string of the molecule is COC1=CC(=O)C=C(C)[C@]1(O)C(=O)Oc1c(C)c(C)c(C(=O)Oc2cc(C)c(C(=O)Oc3cc(OC)c(C(=O)O)c(C)c3C)c(O)c2C)c(O)c1Br. The lowest BCUT2D eigenvalue weighted by molar-refractivity contribution is -0.151. The molecule has 4 rings (SSSR count). The number of phenols is 2. The Hall–Kier alpha value is -5.67. The van der Waals surface area contributed by atoms with E-state index >= 15 is 0 Å². The molecule has 0 aromatic heterocycles. The average molecular weight is 784 g/mol. The molecule has 0 aliphatic heterocycles. The second-order valence-electron chi connectivity index (χ2n) is 12.0. The monoisotopic (exact) mass is 782 g/mol. The zero-order chi connectivity index (χ0) is 39.1. The van der Waals surface area contributed by atoms with Gasteiger partial charge in [-0.2, -0.15) is 0 Å². The molecule has 0 amide bonds. The van der Waals surface area contributed by atoms with Crippen molar-refractivity contribution in [1.29, 1.82) is 0 Å². The number of carboxylic acids is 1. The number of carbonyl (C=O) groups excluding carboxylic acids is 4. The van der Waals surface area contributed by atoms with Crippen molar-refractivity contribution in [3.05, 3.63) is 90.2 Å². The average Bonchev–Trinajstić information content (AvgIpc) is 3.07. The zero-order valence-corrected chi connectivity index (χ0v) is 31.1. The van der Waals surface area contributed by atoms with Crippen LogP contribution in [0.3, 0.4) is 0 Å². The van der Waals surface area contributed by atoms with Crippen molar-refractivity contribution in [1.82, 2.24) is 0 Å². The fraction of sp³-hybridized carbons (Fsp3) is 0.270. The van der Waals surface area contributed by atoms with E-state index in [9.17, 15) is 44.4 Å². The topological polar surface area (TPSA) is 212 Å². The highest BCUT2D eigenvalue weighted by atomic mass is 79.9. The van der Waals surface area contributed by atoms with Crippen LogP contribution in [-0.2, 0) is 14.3 Å². The van der Waals surface area contributed by atoms with Crippen LogP contribution in [-0.4, -0.2) is 69.9 Å². The highest BCUT2D eigenvalue weighted by Crippen LogP contribution is 2.44. The number of allylic oxidation sites excluding steroid dienone is 2. The summed E-state index contributed by atoms with van der Waals surface area (Å²) < 4.78 is 26.7. The van der Waals surface area contributed by atoms with E-state index in [2.05, 4.69) is 15.9 Å². The Morgan fingerprint density at radius 2 is 1.23 bits per heavy atom. The van der Waals surface area contributed by atoms with Crippen LogP contribution in [0.5, 0.6) is 34.5 Å². The molecule has 1 aliphatic carbocycles. The molecule has 0 saturated heterocycles. The summed E-state index contributed by atoms with van der Waals surface area (Å²) in [4.78, 5) is 63.9. The Balaban J connectivity index is 1.65. The maximum Gasteiger partial charge on any atom is 0.356 e. The number of phenolic OH excluding ortho intramolecular Hbond substituents is 2. The molecule has 3 aromatic rings. The van der Waals surface area contributed by atoms with Crippen LogP contribution in [0.2, 0.25) is 0 Å². The number of halogens is 1. The largest absolute Gasteiger partial charge is 0.507 e. The third kappa shape index (κ3) is 6.60. The first-order chi connectivity index (χ1) is 24.2. The van der Waals surface area contributed by atoms with Crippen LogP contribution >= 0.6 is 15.9 Å². The molecule has 0 heterocycles. The first-order valence-electron chi connectivity index (χ1n) is 15.4. The molecule has 0 bridgehead atoms. The fourth-order valence-electron chi connectivity index (χ4n) is 5.63. The van der Waals surface area contributed by atoms with Crippen LogP contribution in [0.4, 0.5) is 0 Å². The van der Waals surface area contributed by atoms with E-state index in [1.807, 2.05) is 0 Å². The van der Waals surface area contributed by atoms with Gasteiger partial charge in [0, 0.05) is 17.7 Å². The van der Waals surface area contributed by atoms with Crippen molar-refractivity contribution >= 4 is 45.6 Å². The number of hydrogen-bond acceptors (Lipinski definition) is 13. The van der Waals surface area contributed by atoms with Gasteiger partial charge in [0.2, 0.25) is 5.60 Å². The van der Waals surface area contributed by atoms with Gasteiger partial charge in [0.1, 0.15) is 55.7 Å². The summed E-state index contributed by atoms with van der Waals surface area (Å²) >= 11 is 3.16. The van der Waals surface area contributed by atoms with E-state index in [4.69, 9.17) is 23.7 Å². The number of methoxy groups -OCH3 is 2. The summed E-state index contributed by atoms with van der Waals surface area (Å²) in [6.07, 6.45) is 1.99. The summed E-state index contributed by atoms with van der Waals surface area (Å²) in [7, 11) is 2.44. The van der Waals surface area contributed by atoms with Gasteiger partial charge in [0.15, 0.2) is 11.5 Å². The molecule has 0 fully saturated rings. The molecule has 0 spiro atoms. The van der Waals surface area contributed by atoms with Gasteiger partial charge in [-0.3, -0.25) is 4.79 Å². The molecule has 1 atom stereocenters. The molecule has 0 radical (unpaired) electrons. The normalized spacial score (nSPS) is 15.3. The van der Waals surface area contributed by atoms with E-state index in [0.717, 1.165) is 12.2 Å². The van der Waals surface area contributed by atoms with Gasteiger partial charge in [0.05, 0.1) is 14.2 Å². The Labute approximate surface area is 306 Å². The second kappa shape index (κ2) is 14.5. The number of carbonyl (C=O) groups is 5. The zero-order valence-electron chi connectivity index (χ0n) is 29.6. The number of hydrogen-bond donors (Lipinski definition) is 4. The third-order valence-corrected chi connectivity index (χ3v) is 9.69. The van der Waals surface area contributed by atoms with E-state index < -0.39 is 46.8 Å². The van der Waals surface area contributed by atoms with Gasteiger partial charge in [0.25, 0.3) is 0 Å². The van der Waals surface area contributed by atoms with E-state index in [0.29, 0.717) is 11.1 Å². The van der Waals surface area contributed by atoms with Crippen molar-refractivity contribution in [2.45, 2.75) is 54.1 Å². The van der Waals surface area contributed by atoms with Crippen LogP contribution in [0, 0.1) is 41.5 Å². The number of carboxylic acid groups (broad SMARTS) is 1. The first-order valence-corrected chi connectivity index (χ1v) is 16.2. The minimum atomic E-state index is -2.46. The number of aromatic carboxylic acids is 1. The Bertz CT molecular complexity index is 2130. The Kier molecular flexibility index (Phi) is 10.9. The summed E-state index contributed by atoms with van der Waals surface area (Å²) in [5.74, 6) is -7.07. The molecule has 274 valence electrons. The summed E-state index contributed by atoms with van der Waals surface area (Å²) in [6.45, 7) is 10.2. The number of esters is 3. The number of aromatic hydroxyl groups is 2. The summed E-state index contributed by atoms with van der Waals surface area (Å²) in [6, 6.07) is 2.57. The van der Waals surface area contributed by atoms with Gasteiger partial charge < -0.3 is 44.1 Å². The van der Waals surface area contributed by atoms with Crippen LogP contribution < -0.4 is 18.9 Å². The minimum Gasteiger partial charge on any atom is -0.507 e. The van der Waals surface area contributed by atoms with Crippen molar-refractivity contribution in [3.63, 3.8) is 0 Å². The van der Waals surface area contributed by atoms with Crippen LogP contribution in [0.15, 0.2) is 40.1 Å². The van der Waals surface area contributed by atoms with Gasteiger partial charge in [-0.05, 0) is 110 Å². The highest BCUT2D eigenvalue weighted by Gasteiger charge is 2.48. The number of rotatable bonds is 9. The van der Waals surface area contributed by atoms with Crippen molar-refractivity contribution in [2.75, 3.05) is 14.2 Å². The molecule has 0 unspecified atom stereocenters. The van der Waals surface area contributed by atoms with Crippen LogP contribution in [0.1, 0.15) is 71.4 Å². The van der Waals surface area contributed by atoms with Crippen molar-refractivity contribution in [3.8, 4) is 34.5 Å². The summed E-state index contributed by atoms with van der Waals surface area (Å²) in [5, 5.41) is 43.0. The van der Waals surface area contributed by atoms with Crippen LogP contribution in [0.25, 0.3) is 0 Å². The standard InChI is InChI=1S/C37H35BrO14/c1-14-10-22(20(7)30(40)26(14)34(44)51-23-13-24(48-8)27(33(42)43)17(4)16(23)3)50-35(45)28-18(5)19(6)32(29(38)31(28)41)52-36(46)37(47)15(2)11-21(39)12-25(37)49-9/h10-13,40-41,47H,1-9H3,(H,42,43)/t37-/m1/s1. The predicted octanol–water partition coefficient (Wildman–Crippen LogP) is 5.55. The number of benzene rings is 3. The van der Waals surface area contributed by atoms with Gasteiger partial charge >= 0.3 is 23.9 Å². The Morgan fingerprint density at radius 1 is 0.673 bits per heavy atom. The second-order valence-corrected chi connectivity index (χ2v) is 12.8. The maximum atomic E-state index is 13.5. The molecule has 4 N–H and O–H groups in total. The van der Waals surface area contributed by atoms with Gasteiger partial charge in [-0.25, -0.2) is 19.2 Å². The van der Waals surface area contributed by atoms with Gasteiger partial charge in [-0.1, -0.05) is 0 Å².